The van der Waals surface area contributed by atoms with E-state index in [-0.39, 0.29) is 5.82 Å². The Morgan fingerprint density at radius 1 is 1.41 bits per heavy atom. The van der Waals surface area contributed by atoms with Crippen molar-refractivity contribution >= 4 is 0 Å². The maximum atomic E-state index is 12.7. The second kappa shape index (κ2) is 6.10. The van der Waals surface area contributed by atoms with E-state index in [1.54, 1.807) is 12.1 Å². The first-order chi connectivity index (χ1) is 8.25. The van der Waals surface area contributed by atoms with Crippen molar-refractivity contribution in [1.82, 2.24) is 5.32 Å². The Morgan fingerprint density at radius 2 is 2.18 bits per heavy atom. The van der Waals surface area contributed by atoms with Gasteiger partial charge in [0.05, 0.1) is 12.7 Å². The van der Waals surface area contributed by atoms with Gasteiger partial charge in [0.1, 0.15) is 5.82 Å². The Balaban J connectivity index is 1.72. The molecular formula is C13H18FNO2. The van der Waals surface area contributed by atoms with Crippen LogP contribution in [0, 0.1) is 11.7 Å². The van der Waals surface area contributed by atoms with Gasteiger partial charge in [0.25, 0.3) is 0 Å². The minimum absolute atomic E-state index is 0.281. The Labute approximate surface area is 101 Å². The lowest BCUT2D eigenvalue weighted by Crippen LogP contribution is -2.27. The molecule has 1 heterocycles. The summed E-state index contributed by atoms with van der Waals surface area (Å²) >= 11 is 0. The molecule has 1 aromatic carbocycles. The lowest BCUT2D eigenvalue weighted by molar-refractivity contribution is 0.166. The average molecular weight is 239 g/mol. The van der Waals surface area contributed by atoms with Crippen LogP contribution in [0.25, 0.3) is 0 Å². The van der Waals surface area contributed by atoms with Gasteiger partial charge in [0, 0.05) is 19.7 Å². The summed E-state index contributed by atoms with van der Waals surface area (Å²) in [6, 6.07) is 5.95. The lowest BCUT2D eigenvalue weighted by atomic mass is 10.1. The molecule has 0 bridgehead atoms. The Bertz CT molecular complexity index is 336. The monoisotopic (exact) mass is 239 g/mol. The van der Waals surface area contributed by atoms with Crippen LogP contribution in [0.3, 0.4) is 0 Å². The van der Waals surface area contributed by atoms with Gasteiger partial charge >= 0.3 is 0 Å². The van der Waals surface area contributed by atoms with E-state index in [0.717, 1.165) is 31.7 Å². The van der Waals surface area contributed by atoms with E-state index in [1.165, 1.54) is 12.1 Å². The number of halogens is 1. The summed E-state index contributed by atoms with van der Waals surface area (Å²) in [5, 5.41) is 13.1. The minimum atomic E-state index is -0.585. The highest BCUT2D eigenvalue weighted by atomic mass is 19.1. The summed E-state index contributed by atoms with van der Waals surface area (Å²) in [6.45, 7) is 2.99. The molecule has 0 amide bonds. The molecule has 2 atom stereocenters. The molecule has 2 unspecified atom stereocenters. The summed E-state index contributed by atoms with van der Waals surface area (Å²) in [5.41, 5.74) is 0.738. The zero-order chi connectivity index (χ0) is 12.1. The van der Waals surface area contributed by atoms with Crippen LogP contribution in [0.15, 0.2) is 24.3 Å². The Kier molecular flexibility index (Phi) is 4.48. The summed E-state index contributed by atoms with van der Waals surface area (Å²) < 4.78 is 18.0. The topological polar surface area (TPSA) is 41.5 Å². The zero-order valence-corrected chi connectivity index (χ0v) is 9.73. The fourth-order valence-electron chi connectivity index (χ4n) is 1.97. The molecule has 94 valence electrons. The Morgan fingerprint density at radius 3 is 2.82 bits per heavy atom. The molecule has 0 aromatic heterocycles. The van der Waals surface area contributed by atoms with Crippen LogP contribution < -0.4 is 5.32 Å². The molecule has 17 heavy (non-hydrogen) atoms. The summed E-state index contributed by atoms with van der Waals surface area (Å²) in [4.78, 5) is 0. The van der Waals surface area contributed by atoms with E-state index in [1.807, 2.05) is 0 Å². The van der Waals surface area contributed by atoms with Gasteiger partial charge < -0.3 is 15.2 Å². The molecule has 3 nitrogen and oxygen atoms in total. The summed E-state index contributed by atoms with van der Waals surface area (Å²) in [6.07, 6.45) is 0.498. The van der Waals surface area contributed by atoms with Crippen LogP contribution in [-0.2, 0) is 4.74 Å². The van der Waals surface area contributed by atoms with Crippen LogP contribution in [0.5, 0.6) is 0 Å². The molecule has 4 heteroatoms. The van der Waals surface area contributed by atoms with E-state index in [0.29, 0.717) is 12.5 Å². The smallest absolute Gasteiger partial charge is 0.123 e. The number of aliphatic hydroxyl groups is 1. The van der Waals surface area contributed by atoms with Crippen molar-refractivity contribution < 1.29 is 14.2 Å². The van der Waals surface area contributed by atoms with Crippen molar-refractivity contribution in [2.45, 2.75) is 12.5 Å². The van der Waals surface area contributed by atoms with Gasteiger partial charge in [0.15, 0.2) is 0 Å². The van der Waals surface area contributed by atoms with E-state index >= 15 is 0 Å². The molecule has 0 saturated carbocycles. The van der Waals surface area contributed by atoms with Crippen molar-refractivity contribution in [1.29, 1.82) is 0 Å². The molecule has 1 aliphatic rings. The van der Waals surface area contributed by atoms with Gasteiger partial charge in [-0.1, -0.05) is 12.1 Å². The number of ether oxygens (including phenoxy) is 1. The van der Waals surface area contributed by atoms with Crippen molar-refractivity contribution in [3.05, 3.63) is 35.6 Å². The first-order valence-corrected chi connectivity index (χ1v) is 5.97. The second-order valence-electron chi connectivity index (χ2n) is 4.46. The number of aliphatic hydroxyl groups excluding tert-OH is 1. The molecule has 0 aliphatic carbocycles. The highest BCUT2D eigenvalue weighted by Gasteiger charge is 2.15. The third-order valence-corrected chi connectivity index (χ3v) is 3.05. The van der Waals surface area contributed by atoms with Gasteiger partial charge in [-0.2, -0.15) is 0 Å². The first kappa shape index (κ1) is 12.5. The van der Waals surface area contributed by atoms with Gasteiger partial charge in [-0.05, 0) is 30.0 Å². The maximum Gasteiger partial charge on any atom is 0.123 e. The minimum Gasteiger partial charge on any atom is -0.387 e. The zero-order valence-electron chi connectivity index (χ0n) is 9.73. The number of nitrogens with one attached hydrogen (secondary N) is 1. The van der Waals surface area contributed by atoms with Crippen molar-refractivity contribution in [2.24, 2.45) is 5.92 Å². The summed E-state index contributed by atoms with van der Waals surface area (Å²) in [5.74, 6) is 0.271. The fraction of sp³-hybridized carbons (Fsp3) is 0.538. The van der Waals surface area contributed by atoms with E-state index in [9.17, 15) is 9.50 Å². The standard InChI is InChI=1S/C13H18FNO2/c14-12-3-1-11(2-4-12)13(16)8-15-7-10-5-6-17-9-10/h1-4,10,13,15-16H,5-9H2. The molecular weight excluding hydrogens is 221 g/mol. The SMILES string of the molecule is OC(CNCC1CCOC1)c1ccc(F)cc1. The lowest BCUT2D eigenvalue weighted by Gasteiger charge is -2.14. The average Bonchev–Trinajstić information content (AvgIpc) is 2.83. The molecule has 1 aromatic rings. The van der Waals surface area contributed by atoms with Gasteiger partial charge in [-0.3, -0.25) is 0 Å². The molecule has 1 fully saturated rings. The van der Waals surface area contributed by atoms with Crippen LogP contribution in [0.4, 0.5) is 4.39 Å². The largest absolute Gasteiger partial charge is 0.387 e. The van der Waals surface area contributed by atoms with Crippen molar-refractivity contribution in [3.8, 4) is 0 Å². The molecule has 1 aliphatic heterocycles. The van der Waals surface area contributed by atoms with Crippen molar-refractivity contribution in [3.63, 3.8) is 0 Å². The molecule has 1 saturated heterocycles. The molecule has 0 spiro atoms. The third-order valence-electron chi connectivity index (χ3n) is 3.05. The highest BCUT2D eigenvalue weighted by Crippen LogP contribution is 2.14. The third kappa shape index (κ3) is 3.77. The number of hydrogen-bond donors (Lipinski definition) is 2. The van der Waals surface area contributed by atoms with Gasteiger partial charge in [-0.15, -0.1) is 0 Å². The maximum absolute atomic E-state index is 12.7. The van der Waals surface area contributed by atoms with Gasteiger partial charge in [-0.25, -0.2) is 4.39 Å². The molecule has 2 rings (SSSR count). The van der Waals surface area contributed by atoms with E-state index < -0.39 is 6.10 Å². The van der Waals surface area contributed by atoms with Crippen LogP contribution >= 0.6 is 0 Å². The molecule has 2 N–H and O–H groups in total. The second-order valence-corrected chi connectivity index (χ2v) is 4.46. The predicted molar refractivity (Wildman–Crippen MR) is 63.2 cm³/mol. The number of benzene rings is 1. The van der Waals surface area contributed by atoms with E-state index in [4.69, 9.17) is 4.74 Å². The Hall–Kier alpha value is -0.970. The number of hydrogen-bond acceptors (Lipinski definition) is 3. The van der Waals surface area contributed by atoms with Crippen LogP contribution in [0.2, 0.25) is 0 Å². The predicted octanol–water partition coefficient (Wildman–Crippen LogP) is 1.49. The normalized spacial score (nSPS) is 21.6. The van der Waals surface area contributed by atoms with Crippen molar-refractivity contribution in [2.75, 3.05) is 26.3 Å². The highest BCUT2D eigenvalue weighted by molar-refractivity contribution is 5.18. The van der Waals surface area contributed by atoms with Gasteiger partial charge in [0.2, 0.25) is 0 Å². The quantitative estimate of drug-likeness (QED) is 0.818. The summed E-state index contributed by atoms with van der Waals surface area (Å²) in [7, 11) is 0. The molecule has 0 radical (unpaired) electrons. The fourth-order valence-corrected chi connectivity index (χ4v) is 1.97. The van der Waals surface area contributed by atoms with Crippen LogP contribution in [0.1, 0.15) is 18.1 Å². The first-order valence-electron chi connectivity index (χ1n) is 5.97. The van der Waals surface area contributed by atoms with Crippen LogP contribution in [-0.4, -0.2) is 31.4 Å². The van der Waals surface area contributed by atoms with E-state index in [2.05, 4.69) is 5.32 Å². The number of rotatable bonds is 5.